The molecule has 6 nitrogen and oxygen atoms in total. The first-order valence-electron chi connectivity index (χ1n) is 8.15. The van der Waals surface area contributed by atoms with Gasteiger partial charge in [0.25, 0.3) is 0 Å². The van der Waals surface area contributed by atoms with Crippen molar-refractivity contribution in [3.05, 3.63) is 54.3 Å². The van der Waals surface area contributed by atoms with E-state index in [1.807, 2.05) is 0 Å². The van der Waals surface area contributed by atoms with Gasteiger partial charge in [-0.3, -0.25) is 4.79 Å². The van der Waals surface area contributed by atoms with Crippen molar-refractivity contribution < 1.29 is 22.3 Å². The summed E-state index contributed by atoms with van der Waals surface area (Å²) in [5, 5.41) is 2.74. The minimum absolute atomic E-state index is 0.0316. The van der Waals surface area contributed by atoms with Crippen molar-refractivity contribution in [1.82, 2.24) is 4.31 Å². The average molecular weight is 378 g/mol. The second-order valence-electron chi connectivity index (χ2n) is 5.92. The molecule has 1 atom stereocenters. The summed E-state index contributed by atoms with van der Waals surface area (Å²) in [5.41, 5.74) is 0.478. The van der Waals surface area contributed by atoms with Crippen LogP contribution in [0, 0.1) is 5.82 Å². The third-order valence-electron chi connectivity index (χ3n) is 4.29. The second kappa shape index (κ2) is 7.43. The Balaban J connectivity index is 1.83. The molecular weight excluding hydrogens is 359 g/mol. The SMILES string of the molecule is COc1ccccc1NC(=O)[C@H]1CCCN1S(=O)(=O)c1ccc(F)cc1. The van der Waals surface area contributed by atoms with Crippen molar-refractivity contribution in [1.29, 1.82) is 0 Å². The molecule has 0 bridgehead atoms. The van der Waals surface area contributed by atoms with Crippen LogP contribution in [0.3, 0.4) is 0 Å². The number of nitrogens with one attached hydrogen (secondary N) is 1. The molecule has 1 N–H and O–H groups in total. The Hall–Kier alpha value is -2.45. The highest BCUT2D eigenvalue weighted by atomic mass is 32.2. The summed E-state index contributed by atoms with van der Waals surface area (Å²) < 4.78 is 45.1. The molecule has 1 saturated heterocycles. The predicted octanol–water partition coefficient (Wildman–Crippen LogP) is 2.63. The number of para-hydroxylation sites is 2. The van der Waals surface area contributed by atoms with Crippen LogP contribution in [-0.4, -0.2) is 38.3 Å². The number of rotatable bonds is 5. The van der Waals surface area contributed by atoms with E-state index >= 15 is 0 Å². The maximum Gasteiger partial charge on any atom is 0.243 e. The zero-order valence-electron chi connectivity index (χ0n) is 14.2. The molecule has 0 radical (unpaired) electrons. The Labute approximate surface area is 151 Å². The van der Waals surface area contributed by atoms with Gasteiger partial charge >= 0.3 is 0 Å². The van der Waals surface area contributed by atoms with Crippen molar-refractivity contribution in [3.8, 4) is 5.75 Å². The summed E-state index contributed by atoms with van der Waals surface area (Å²) in [6.07, 6.45) is 0.992. The van der Waals surface area contributed by atoms with Crippen LogP contribution in [0.1, 0.15) is 12.8 Å². The van der Waals surface area contributed by atoms with Gasteiger partial charge in [-0.1, -0.05) is 12.1 Å². The van der Waals surface area contributed by atoms with Gasteiger partial charge in [-0.2, -0.15) is 4.31 Å². The Kier molecular flexibility index (Phi) is 5.24. The lowest BCUT2D eigenvalue weighted by atomic mass is 10.2. The van der Waals surface area contributed by atoms with Gasteiger partial charge in [-0.25, -0.2) is 12.8 Å². The van der Waals surface area contributed by atoms with Crippen LogP contribution >= 0.6 is 0 Å². The fraction of sp³-hybridized carbons (Fsp3) is 0.278. The number of ether oxygens (including phenoxy) is 1. The van der Waals surface area contributed by atoms with Gasteiger partial charge in [-0.05, 0) is 49.2 Å². The molecule has 26 heavy (non-hydrogen) atoms. The second-order valence-corrected chi connectivity index (χ2v) is 7.81. The van der Waals surface area contributed by atoms with Crippen LogP contribution < -0.4 is 10.1 Å². The molecule has 1 heterocycles. The van der Waals surface area contributed by atoms with Gasteiger partial charge in [0.2, 0.25) is 15.9 Å². The molecule has 0 aliphatic carbocycles. The smallest absolute Gasteiger partial charge is 0.243 e. The number of nitrogens with zero attached hydrogens (tertiary/aromatic N) is 1. The Morgan fingerprint density at radius 3 is 2.58 bits per heavy atom. The number of sulfonamides is 1. The van der Waals surface area contributed by atoms with E-state index in [0.717, 1.165) is 12.1 Å². The van der Waals surface area contributed by atoms with Crippen LogP contribution in [0.4, 0.5) is 10.1 Å². The third kappa shape index (κ3) is 3.56. The minimum Gasteiger partial charge on any atom is -0.495 e. The van der Waals surface area contributed by atoms with E-state index in [1.54, 1.807) is 24.3 Å². The molecule has 138 valence electrons. The number of hydrogen-bond donors (Lipinski definition) is 1. The van der Waals surface area contributed by atoms with Gasteiger partial charge in [0.05, 0.1) is 17.7 Å². The van der Waals surface area contributed by atoms with Crippen molar-refractivity contribution in [2.75, 3.05) is 19.0 Å². The normalized spacial score (nSPS) is 17.8. The first-order valence-corrected chi connectivity index (χ1v) is 9.59. The van der Waals surface area contributed by atoms with E-state index in [2.05, 4.69) is 5.32 Å². The zero-order valence-corrected chi connectivity index (χ0v) is 15.0. The monoisotopic (exact) mass is 378 g/mol. The summed E-state index contributed by atoms with van der Waals surface area (Å²) in [7, 11) is -2.39. The standard InChI is InChI=1S/C18H19FN2O4S/c1-25-17-7-3-2-5-15(17)20-18(22)16-6-4-12-21(16)26(23,24)14-10-8-13(19)9-11-14/h2-3,5,7-11,16H,4,6,12H2,1H3,(H,20,22)/t16-/m1/s1. The maximum absolute atomic E-state index is 13.1. The lowest BCUT2D eigenvalue weighted by Gasteiger charge is -2.23. The predicted molar refractivity (Wildman–Crippen MR) is 94.9 cm³/mol. The van der Waals surface area contributed by atoms with E-state index in [-0.39, 0.29) is 11.4 Å². The summed E-state index contributed by atoms with van der Waals surface area (Å²) in [6, 6.07) is 10.7. The van der Waals surface area contributed by atoms with Crippen LogP contribution in [-0.2, 0) is 14.8 Å². The fourth-order valence-corrected chi connectivity index (χ4v) is 4.65. The highest BCUT2D eigenvalue weighted by Gasteiger charge is 2.39. The largest absolute Gasteiger partial charge is 0.495 e. The van der Waals surface area contributed by atoms with Crippen LogP contribution in [0.5, 0.6) is 5.75 Å². The minimum atomic E-state index is -3.88. The Morgan fingerprint density at radius 2 is 1.88 bits per heavy atom. The van der Waals surface area contributed by atoms with E-state index in [9.17, 15) is 17.6 Å². The molecule has 0 aromatic heterocycles. The lowest BCUT2D eigenvalue weighted by Crippen LogP contribution is -2.43. The van der Waals surface area contributed by atoms with Crippen molar-refractivity contribution in [2.24, 2.45) is 0 Å². The van der Waals surface area contributed by atoms with E-state index in [1.165, 1.54) is 23.5 Å². The highest BCUT2D eigenvalue weighted by molar-refractivity contribution is 7.89. The van der Waals surface area contributed by atoms with Crippen molar-refractivity contribution in [3.63, 3.8) is 0 Å². The molecule has 0 saturated carbocycles. The van der Waals surface area contributed by atoms with E-state index < -0.39 is 27.8 Å². The number of benzene rings is 2. The van der Waals surface area contributed by atoms with Gasteiger partial charge in [-0.15, -0.1) is 0 Å². The number of amides is 1. The number of hydrogen-bond acceptors (Lipinski definition) is 4. The molecule has 1 fully saturated rings. The molecule has 2 aromatic rings. The molecule has 8 heteroatoms. The molecule has 0 spiro atoms. The van der Waals surface area contributed by atoms with Gasteiger partial charge in [0, 0.05) is 6.54 Å². The molecule has 2 aromatic carbocycles. The summed E-state index contributed by atoms with van der Waals surface area (Å²) in [6.45, 7) is 0.240. The first kappa shape index (κ1) is 18.3. The van der Waals surface area contributed by atoms with Crippen molar-refractivity contribution in [2.45, 2.75) is 23.8 Å². The topological polar surface area (TPSA) is 75.7 Å². The summed E-state index contributed by atoms with van der Waals surface area (Å²) >= 11 is 0. The first-order chi connectivity index (χ1) is 12.4. The molecule has 1 aliphatic rings. The van der Waals surface area contributed by atoms with Gasteiger partial charge in [0.15, 0.2) is 0 Å². The number of carbonyl (C=O) groups excluding carboxylic acids is 1. The van der Waals surface area contributed by atoms with Gasteiger partial charge < -0.3 is 10.1 Å². The van der Waals surface area contributed by atoms with E-state index in [0.29, 0.717) is 24.3 Å². The van der Waals surface area contributed by atoms with Crippen LogP contribution in [0.25, 0.3) is 0 Å². The fourth-order valence-electron chi connectivity index (χ4n) is 3.00. The van der Waals surface area contributed by atoms with Crippen molar-refractivity contribution >= 4 is 21.6 Å². The molecular formula is C18H19FN2O4S. The van der Waals surface area contributed by atoms with Gasteiger partial charge in [0.1, 0.15) is 17.6 Å². The summed E-state index contributed by atoms with van der Waals surface area (Å²) in [5.74, 6) is -0.444. The lowest BCUT2D eigenvalue weighted by molar-refractivity contribution is -0.119. The number of anilines is 1. The third-order valence-corrected chi connectivity index (χ3v) is 6.21. The number of halogens is 1. The zero-order chi connectivity index (χ0) is 18.7. The molecule has 3 rings (SSSR count). The van der Waals surface area contributed by atoms with Crippen LogP contribution in [0.15, 0.2) is 53.4 Å². The number of methoxy groups -OCH3 is 1. The maximum atomic E-state index is 13.1. The molecule has 1 aliphatic heterocycles. The Bertz CT molecular complexity index is 900. The molecule has 1 amide bonds. The summed E-state index contributed by atoms with van der Waals surface area (Å²) in [4.78, 5) is 12.7. The van der Waals surface area contributed by atoms with Crippen LogP contribution in [0.2, 0.25) is 0 Å². The quantitative estimate of drug-likeness (QED) is 0.868. The highest BCUT2D eigenvalue weighted by Crippen LogP contribution is 2.29. The Morgan fingerprint density at radius 1 is 1.19 bits per heavy atom. The average Bonchev–Trinajstić information content (AvgIpc) is 3.13. The van der Waals surface area contributed by atoms with E-state index in [4.69, 9.17) is 4.74 Å². The molecule has 0 unspecified atom stereocenters. The number of carbonyl (C=O) groups is 1.